The van der Waals surface area contributed by atoms with Crippen LogP contribution in [0.25, 0.3) is 0 Å². The molecule has 1 amide bonds. The molecule has 0 saturated carbocycles. The summed E-state index contributed by atoms with van der Waals surface area (Å²) < 4.78 is 0.430. The highest BCUT2D eigenvalue weighted by Crippen LogP contribution is 2.23. The van der Waals surface area contributed by atoms with Crippen LogP contribution in [0.5, 0.6) is 0 Å². The molecular weight excluding hydrogens is 302 g/mol. The number of carbonyl (C=O) groups is 1. The summed E-state index contributed by atoms with van der Waals surface area (Å²) in [5, 5.41) is 21.9. The van der Waals surface area contributed by atoms with Gasteiger partial charge in [-0.05, 0) is 35.8 Å². The van der Waals surface area contributed by atoms with Crippen LogP contribution in [0.3, 0.4) is 0 Å². The Bertz CT molecular complexity index is 549. The fourth-order valence-electron chi connectivity index (χ4n) is 1.18. The van der Waals surface area contributed by atoms with Crippen LogP contribution in [0.4, 0.5) is 5.69 Å². The van der Waals surface area contributed by atoms with Gasteiger partial charge in [0.25, 0.3) is 11.6 Å². The molecule has 0 heterocycles. The number of nitro groups is 1. The first-order chi connectivity index (χ1) is 8.26. The Morgan fingerprint density at radius 1 is 1.56 bits per heavy atom. The number of amides is 1. The number of nitrogens with zero attached hydrogens (tertiary/aromatic N) is 2. The van der Waals surface area contributed by atoms with Crippen molar-refractivity contribution in [3.63, 3.8) is 0 Å². The summed E-state index contributed by atoms with van der Waals surface area (Å²) in [6.07, 6.45) is 0. The van der Waals surface area contributed by atoms with Crippen LogP contribution in [0.15, 0.2) is 22.7 Å². The third kappa shape index (κ3) is 3.28. The molecule has 0 atom stereocenters. The number of nitro benzene ring substituents is 1. The van der Waals surface area contributed by atoms with Crippen LogP contribution < -0.4 is 5.32 Å². The zero-order valence-electron chi connectivity index (χ0n) is 9.73. The van der Waals surface area contributed by atoms with Gasteiger partial charge >= 0.3 is 0 Å². The third-order valence-electron chi connectivity index (χ3n) is 2.11. The van der Waals surface area contributed by atoms with E-state index in [1.165, 1.54) is 26.0 Å². The van der Waals surface area contributed by atoms with E-state index in [2.05, 4.69) is 21.2 Å². The average Bonchev–Trinajstić information content (AvgIpc) is 2.28. The molecule has 1 rings (SSSR count). The minimum atomic E-state index is -1.04. The number of hydrogen-bond acceptors (Lipinski definition) is 4. The second-order valence-corrected chi connectivity index (χ2v) is 4.97. The lowest BCUT2D eigenvalue weighted by atomic mass is 10.1. The lowest BCUT2D eigenvalue weighted by molar-refractivity contribution is -0.384. The smallest absolute Gasteiger partial charge is 0.270 e. The highest BCUT2D eigenvalue weighted by molar-refractivity contribution is 9.10. The van der Waals surface area contributed by atoms with Gasteiger partial charge in [-0.15, -0.1) is 0 Å². The standard InChI is InChI=1S/C11H10BrN3O3/c1-11(2,6-13)14-10(16)8-5-7(15(17)18)3-4-9(8)12/h3-5H,1-2H3,(H,14,16). The van der Waals surface area contributed by atoms with E-state index in [4.69, 9.17) is 5.26 Å². The summed E-state index contributed by atoms with van der Waals surface area (Å²) in [7, 11) is 0. The van der Waals surface area contributed by atoms with E-state index in [1.807, 2.05) is 6.07 Å². The maximum absolute atomic E-state index is 11.9. The molecule has 1 N–H and O–H groups in total. The molecule has 0 spiro atoms. The van der Waals surface area contributed by atoms with Gasteiger partial charge in [0.1, 0.15) is 5.54 Å². The molecule has 1 aromatic rings. The van der Waals surface area contributed by atoms with Crippen molar-refractivity contribution < 1.29 is 9.72 Å². The molecule has 0 unspecified atom stereocenters. The molecule has 0 saturated heterocycles. The van der Waals surface area contributed by atoms with Crippen LogP contribution in [0, 0.1) is 21.4 Å². The van der Waals surface area contributed by atoms with Gasteiger partial charge in [-0.2, -0.15) is 5.26 Å². The SMILES string of the molecule is CC(C)(C#N)NC(=O)c1cc([N+](=O)[O-])ccc1Br. The minimum absolute atomic E-state index is 0.118. The molecule has 0 fully saturated rings. The molecule has 7 heteroatoms. The van der Waals surface area contributed by atoms with E-state index in [0.717, 1.165) is 6.07 Å². The number of halogens is 1. The predicted octanol–water partition coefficient (Wildman–Crippen LogP) is 2.39. The molecule has 1 aromatic carbocycles. The maximum atomic E-state index is 11.9. The fourth-order valence-corrected chi connectivity index (χ4v) is 1.61. The van der Waals surface area contributed by atoms with Crippen LogP contribution in [0.1, 0.15) is 24.2 Å². The van der Waals surface area contributed by atoms with Crippen LogP contribution >= 0.6 is 15.9 Å². The summed E-state index contributed by atoms with van der Waals surface area (Å²) in [4.78, 5) is 22.0. The van der Waals surface area contributed by atoms with Crippen molar-refractivity contribution in [1.82, 2.24) is 5.32 Å². The number of nitrogens with one attached hydrogen (secondary N) is 1. The highest BCUT2D eigenvalue weighted by Gasteiger charge is 2.23. The van der Waals surface area contributed by atoms with E-state index < -0.39 is 16.4 Å². The number of carbonyl (C=O) groups excluding carboxylic acids is 1. The monoisotopic (exact) mass is 311 g/mol. The van der Waals surface area contributed by atoms with Crippen LogP contribution in [-0.4, -0.2) is 16.4 Å². The first kappa shape index (κ1) is 14.1. The van der Waals surface area contributed by atoms with Crippen LogP contribution in [0.2, 0.25) is 0 Å². The number of nitriles is 1. The van der Waals surface area contributed by atoms with E-state index in [1.54, 1.807) is 0 Å². The topological polar surface area (TPSA) is 96.0 Å². The molecule has 0 bridgehead atoms. The van der Waals surface area contributed by atoms with Gasteiger partial charge in [-0.1, -0.05) is 0 Å². The Balaban J connectivity index is 3.10. The van der Waals surface area contributed by atoms with E-state index in [0.29, 0.717) is 4.47 Å². The van der Waals surface area contributed by atoms with Crippen molar-refractivity contribution in [2.24, 2.45) is 0 Å². The van der Waals surface area contributed by atoms with Crippen molar-refractivity contribution >= 4 is 27.5 Å². The summed E-state index contributed by atoms with van der Waals surface area (Å²) in [5.74, 6) is -0.544. The zero-order valence-corrected chi connectivity index (χ0v) is 11.3. The van der Waals surface area contributed by atoms with E-state index in [-0.39, 0.29) is 11.3 Å². The average molecular weight is 312 g/mol. The Kier molecular flexibility index (Phi) is 4.03. The molecule has 0 aliphatic heterocycles. The number of hydrogen-bond donors (Lipinski definition) is 1. The summed E-state index contributed by atoms with van der Waals surface area (Å²) in [5.41, 5.74) is -1.10. The molecule has 18 heavy (non-hydrogen) atoms. The van der Waals surface area contributed by atoms with Crippen molar-refractivity contribution in [2.45, 2.75) is 19.4 Å². The second kappa shape index (κ2) is 5.14. The minimum Gasteiger partial charge on any atom is -0.334 e. The third-order valence-corrected chi connectivity index (χ3v) is 2.80. The predicted molar refractivity (Wildman–Crippen MR) is 68.0 cm³/mol. The summed E-state index contributed by atoms with van der Waals surface area (Å²) >= 11 is 3.14. The Hall–Kier alpha value is -1.94. The lowest BCUT2D eigenvalue weighted by Crippen LogP contribution is -2.42. The normalized spacial score (nSPS) is 10.6. The van der Waals surface area contributed by atoms with Crippen molar-refractivity contribution in [1.29, 1.82) is 5.26 Å². The largest absolute Gasteiger partial charge is 0.334 e. The van der Waals surface area contributed by atoms with E-state index in [9.17, 15) is 14.9 Å². The molecule has 6 nitrogen and oxygen atoms in total. The quantitative estimate of drug-likeness (QED) is 0.684. The molecule has 0 aromatic heterocycles. The Morgan fingerprint density at radius 3 is 2.67 bits per heavy atom. The molecule has 94 valence electrons. The van der Waals surface area contributed by atoms with Gasteiger partial charge in [0, 0.05) is 16.6 Å². The van der Waals surface area contributed by atoms with Crippen molar-refractivity contribution in [3.05, 3.63) is 38.3 Å². The number of benzene rings is 1. The second-order valence-electron chi connectivity index (χ2n) is 4.11. The maximum Gasteiger partial charge on any atom is 0.270 e. The fraction of sp³-hybridized carbons (Fsp3) is 0.273. The van der Waals surface area contributed by atoms with Gasteiger partial charge in [0.05, 0.1) is 16.6 Å². The van der Waals surface area contributed by atoms with Crippen molar-refractivity contribution in [2.75, 3.05) is 0 Å². The lowest BCUT2D eigenvalue weighted by Gasteiger charge is -2.17. The van der Waals surface area contributed by atoms with Crippen LogP contribution in [-0.2, 0) is 0 Å². The van der Waals surface area contributed by atoms with E-state index >= 15 is 0 Å². The first-order valence-corrected chi connectivity index (χ1v) is 5.74. The molecule has 0 aliphatic rings. The van der Waals surface area contributed by atoms with Gasteiger partial charge in [-0.25, -0.2) is 0 Å². The Morgan fingerprint density at radius 2 is 2.17 bits per heavy atom. The number of rotatable bonds is 3. The van der Waals surface area contributed by atoms with Crippen molar-refractivity contribution in [3.8, 4) is 6.07 Å². The zero-order chi connectivity index (χ0) is 13.9. The molecular formula is C11H10BrN3O3. The highest BCUT2D eigenvalue weighted by atomic mass is 79.9. The molecule has 0 radical (unpaired) electrons. The van der Waals surface area contributed by atoms with Gasteiger partial charge in [0.2, 0.25) is 0 Å². The molecule has 0 aliphatic carbocycles. The number of non-ortho nitro benzene ring substituents is 1. The summed E-state index contributed by atoms with van der Waals surface area (Å²) in [6, 6.07) is 5.79. The summed E-state index contributed by atoms with van der Waals surface area (Å²) in [6.45, 7) is 3.08. The van der Waals surface area contributed by atoms with Gasteiger partial charge in [-0.3, -0.25) is 14.9 Å². The Labute approximate surface area is 112 Å². The first-order valence-electron chi connectivity index (χ1n) is 4.94. The van der Waals surface area contributed by atoms with Gasteiger partial charge < -0.3 is 5.32 Å². The van der Waals surface area contributed by atoms with Gasteiger partial charge in [0.15, 0.2) is 0 Å².